The molecule has 180 valence electrons. The molecule has 0 bridgehead atoms. The summed E-state index contributed by atoms with van der Waals surface area (Å²) in [6.07, 6.45) is -3.57. The van der Waals surface area contributed by atoms with Gasteiger partial charge < -0.3 is 4.74 Å². The van der Waals surface area contributed by atoms with Crippen LogP contribution in [0.25, 0.3) is 21.9 Å². The summed E-state index contributed by atoms with van der Waals surface area (Å²) < 4.78 is 101. The van der Waals surface area contributed by atoms with E-state index in [-0.39, 0.29) is 28.0 Å². The van der Waals surface area contributed by atoms with Gasteiger partial charge in [0.05, 0.1) is 17.7 Å². The molecule has 4 rings (SSSR count). The molecule has 35 heavy (non-hydrogen) atoms. The number of ether oxygens (including phenoxy) is 1. The molecule has 1 aliphatic rings. The third kappa shape index (κ3) is 5.61. The Morgan fingerprint density at radius 2 is 1.60 bits per heavy atom. The summed E-state index contributed by atoms with van der Waals surface area (Å²) in [6.45, 7) is 2.63. The molecule has 1 heterocycles. The van der Waals surface area contributed by atoms with Gasteiger partial charge in [-0.15, -0.1) is 0 Å². The first-order valence-corrected chi connectivity index (χ1v) is 10.7. The molecular weight excluding hydrogens is 473 g/mol. The molecule has 3 aromatic rings. The smallest absolute Gasteiger partial charge is 0.365 e. The molecule has 0 amide bonds. The number of alkyl halides is 3. The van der Waals surface area contributed by atoms with E-state index in [0.29, 0.717) is 12.5 Å². The lowest BCUT2D eigenvalue weighted by atomic mass is 9.97. The van der Waals surface area contributed by atoms with Gasteiger partial charge in [0.1, 0.15) is 29.4 Å². The minimum Gasteiger partial charge on any atom is -0.365 e. The second-order valence-electron chi connectivity index (χ2n) is 8.32. The van der Waals surface area contributed by atoms with Crippen LogP contribution in [0.2, 0.25) is 0 Å². The van der Waals surface area contributed by atoms with Gasteiger partial charge in [-0.25, -0.2) is 17.6 Å². The predicted octanol–water partition coefficient (Wildman–Crippen LogP) is 7.14. The first kappa shape index (κ1) is 24.6. The van der Waals surface area contributed by atoms with E-state index >= 15 is 0 Å². The zero-order chi connectivity index (χ0) is 25.3. The summed E-state index contributed by atoms with van der Waals surface area (Å²) in [5.41, 5.74) is -1.37. The van der Waals surface area contributed by atoms with Gasteiger partial charge in [0, 0.05) is 16.9 Å². The minimum atomic E-state index is -4.93. The summed E-state index contributed by atoms with van der Waals surface area (Å²) >= 11 is 0. The maximum atomic E-state index is 14.8. The van der Waals surface area contributed by atoms with Crippen molar-refractivity contribution in [2.75, 3.05) is 6.61 Å². The third-order valence-electron chi connectivity index (χ3n) is 5.57. The average Bonchev–Trinajstić information content (AvgIpc) is 2.77. The van der Waals surface area contributed by atoms with E-state index in [9.17, 15) is 30.7 Å². The molecule has 1 nitrogen and oxygen atoms in total. The molecule has 1 aliphatic heterocycles. The van der Waals surface area contributed by atoms with Crippen molar-refractivity contribution in [2.45, 2.75) is 32.0 Å². The summed E-state index contributed by atoms with van der Waals surface area (Å²) in [5.74, 6) is 3.81. The first-order valence-electron chi connectivity index (χ1n) is 10.7. The van der Waals surface area contributed by atoms with Crippen LogP contribution < -0.4 is 0 Å². The van der Waals surface area contributed by atoms with Crippen molar-refractivity contribution < 1.29 is 35.5 Å². The Morgan fingerprint density at radius 1 is 0.886 bits per heavy atom. The van der Waals surface area contributed by atoms with E-state index in [2.05, 4.69) is 18.8 Å². The van der Waals surface area contributed by atoms with Crippen LogP contribution in [-0.4, -0.2) is 18.9 Å². The zero-order valence-corrected chi connectivity index (χ0v) is 18.3. The van der Waals surface area contributed by atoms with Crippen molar-refractivity contribution in [3.05, 3.63) is 70.8 Å². The SMILES string of the molecule is CC1CCC(C#Cc2cc(F)c(-c3ccc4c(F)c(C#CC(F)(F)F)c(F)cc4c3)c(F)c2)OC1. The van der Waals surface area contributed by atoms with Gasteiger partial charge in [0.2, 0.25) is 0 Å². The number of fused-ring (bicyclic) bond motifs is 1. The molecule has 0 spiro atoms. The van der Waals surface area contributed by atoms with Gasteiger partial charge in [-0.05, 0) is 54.0 Å². The Hall–Kier alpha value is -3.49. The summed E-state index contributed by atoms with van der Waals surface area (Å²) in [6, 6.07) is 6.31. The van der Waals surface area contributed by atoms with Crippen molar-refractivity contribution in [1.82, 2.24) is 0 Å². The number of halogens is 7. The molecule has 0 aromatic heterocycles. The Morgan fingerprint density at radius 3 is 2.23 bits per heavy atom. The molecule has 2 unspecified atom stereocenters. The normalized spacial score (nSPS) is 17.9. The average molecular weight is 490 g/mol. The molecule has 1 saturated heterocycles. The Labute approximate surface area is 196 Å². The lowest BCUT2D eigenvalue weighted by Gasteiger charge is -2.22. The van der Waals surface area contributed by atoms with Crippen LogP contribution in [0.15, 0.2) is 36.4 Å². The molecule has 0 aliphatic carbocycles. The van der Waals surface area contributed by atoms with E-state index in [1.54, 1.807) is 0 Å². The van der Waals surface area contributed by atoms with Gasteiger partial charge in [-0.3, -0.25) is 0 Å². The maximum absolute atomic E-state index is 14.8. The van der Waals surface area contributed by atoms with Crippen molar-refractivity contribution in [3.63, 3.8) is 0 Å². The van der Waals surface area contributed by atoms with Crippen LogP contribution in [0, 0.1) is 52.9 Å². The monoisotopic (exact) mass is 490 g/mol. The molecule has 0 radical (unpaired) electrons. The molecule has 8 heteroatoms. The Balaban J connectivity index is 1.68. The molecule has 0 N–H and O–H groups in total. The summed E-state index contributed by atoms with van der Waals surface area (Å²) in [4.78, 5) is 0. The van der Waals surface area contributed by atoms with E-state index in [4.69, 9.17) is 4.74 Å². The van der Waals surface area contributed by atoms with Gasteiger partial charge in [-0.2, -0.15) is 13.2 Å². The van der Waals surface area contributed by atoms with E-state index < -0.39 is 40.6 Å². The van der Waals surface area contributed by atoms with E-state index in [1.165, 1.54) is 12.0 Å². The standard InChI is InChI=1S/C27H17F7O/c1-15-2-5-19(35-14-15)6-3-16-10-23(29)25(24(30)11-16)17-4-7-20-18(12-17)13-22(28)21(26(20)31)8-9-27(32,33)34/h4,7,10-13,15,19H,2,5,14H2,1H3. The van der Waals surface area contributed by atoms with Crippen LogP contribution in [0.1, 0.15) is 30.9 Å². The molecule has 0 saturated carbocycles. The molecule has 1 fully saturated rings. The Kier molecular flexibility index (Phi) is 6.78. The minimum absolute atomic E-state index is 0.00969. The van der Waals surface area contributed by atoms with Crippen molar-refractivity contribution >= 4 is 10.8 Å². The van der Waals surface area contributed by atoms with Crippen LogP contribution >= 0.6 is 0 Å². The quantitative estimate of drug-likeness (QED) is 0.260. The number of benzene rings is 3. The number of hydrogen-bond acceptors (Lipinski definition) is 1. The number of hydrogen-bond donors (Lipinski definition) is 0. The van der Waals surface area contributed by atoms with Gasteiger partial charge in [0.25, 0.3) is 0 Å². The molecule has 3 aromatic carbocycles. The van der Waals surface area contributed by atoms with Crippen molar-refractivity contribution in [2.24, 2.45) is 5.92 Å². The highest BCUT2D eigenvalue weighted by Crippen LogP contribution is 2.32. The van der Waals surface area contributed by atoms with E-state index in [0.717, 1.165) is 49.1 Å². The fourth-order valence-corrected chi connectivity index (χ4v) is 3.82. The van der Waals surface area contributed by atoms with E-state index in [1.807, 2.05) is 0 Å². The second kappa shape index (κ2) is 9.64. The highest BCUT2D eigenvalue weighted by molar-refractivity contribution is 5.89. The van der Waals surface area contributed by atoms with Gasteiger partial charge >= 0.3 is 6.18 Å². The highest BCUT2D eigenvalue weighted by atomic mass is 19.4. The predicted molar refractivity (Wildman–Crippen MR) is 117 cm³/mol. The fourth-order valence-electron chi connectivity index (χ4n) is 3.82. The lowest BCUT2D eigenvalue weighted by Crippen LogP contribution is -2.22. The maximum Gasteiger partial charge on any atom is 0.458 e. The van der Waals surface area contributed by atoms with Crippen LogP contribution in [-0.2, 0) is 4.74 Å². The van der Waals surface area contributed by atoms with Gasteiger partial charge in [0.15, 0.2) is 0 Å². The second-order valence-corrected chi connectivity index (χ2v) is 8.32. The van der Waals surface area contributed by atoms with Crippen LogP contribution in [0.5, 0.6) is 0 Å². The summed E-state index contributed by atoms with van der Waals surface area (Å²) in [5, 5.41) is -0.340. The summed E-state index contributed by atoms with van der Waals surface area (Å²) in [7, 11) is 0. The van der Waals surface area contributed by atoms with Crippen LogP contribution in [0.3, 0.4) is 0 Å². The zero-order valence-electron chi connectivity index (χ0n) is 18.3. The van der Waals surface area contributed by atoms with Gasteiger partial charge in [-0.1, -0.05) is 36.8 Å². The highest BCUT2D eigenvalue weighted by Gasteiger charge is 2.24. The lowest BCUT2D eigenvalue weighted by molar-refractivity contribution is -0.0696. The molecular formula is C27H17F7O. The third-order valence-corrected chi connectivity index (χ3v) is 5.57. The largest absolute Gasteiger partial charge is 0.458 e. The number of rotatable bonds is 1. The topological polar surface area (TPSA) is 9.23 Å². The van der Waals surface area contributed by atoms with Crippen molar-refractivity contribution in [3.8, 4) is 34.8 Å². The fraction of sp³-hybridized carbons (Fsp3) is 0.259. The first-order chi connectivity index (χ1) is 16.5. The Bertz CT molecular complexity index is 1390. The van der Waals surface area contributed by atoms with Crippen LogP contribution in [0.4, 0.5) is 30.7 Å². The molecule has 2 atom stereocenters. The van der Waals surface area contributed by atoms with Crippen molar-refractivity contribution in [1.29, 1.82) is 0 Å².